The average Bonchev–Trinajstić information content (AvgIpc) is 2.77. The number of benzene rings is 1. The number of rotatable bonds is 5. The summed E-state index contributed by atoms with van der Waals surface area (Å²) in [6, 6.07) is 8.02. The molecule has 0 radical (unpaired) electrons. The third kappa shape index (κ3) is 3.96. The Hall–Kier alpha value is -1.04. The predicted molar refractivity (Wildman–Crippen MR) is 95.9 cm³/mol. The Labute approximate surface area is 146 Å². The molecule has 24 heavy (non-hydrogen) atoms. The molecule has 2 aliphatic rings. The van der Waals surface area contributed by atoms with Gasteiger partial charge in [-0.1, -0.05) is 12.1 Å². The van der Waals surface area contributed by atoms with Crippen molar-refractivity contribution in [1.29, 1.82) is 0 Å². The molecule has 1 atom stereocenters. The van der Waals surface area contributed by atoms with Gasteiger partial charge >= 0.3 is 7.12 Å². The number of ether oxygens (including phenoxy) is 2. The predicted octanol–water partition coefficient (Wildman–Crippen LogP) is 3.32. The summed E-state index contributed by atoms with van der Waals surface area (Å²) in [6.07, 6.45) is 4.94. The van der Waals surface area contributed by atoms with Crippen LogP contribution in [-0.4, -0.2) is 37.6 Å². The summed E-state index contributed by atoms with van der Waals surface area (Å²) in [5, 5.41) is 0. The zero-order valence-electron chi connectivity index (χ0n) is 15.3. The van der Waals surface area contributed by atoms with Gasteiger partial charge in [0, 0.05) is 13.0 Å². The van der Waals surface area contributed by atoms with E-state index in [-0.39, 0.29) is 18.3 Å². The lowest BCUT2D eigenvalue weighted by molar-refractivity contribution is 0.00405. The van der Waals surface area contributed by atoms with E-state index >= 15 is 0 Å². The average molecular weight is 332 g/mol. The molecule has 1 unspecified atom stereocenters. The minimum Gasteiger partial charge on any atom is -0.493 e. The second kappa shape index (κ2) is 7.07. The molecule has 5 heteroatoms. The molecule has 0 bridgehead atoms. The van der Waals surface area contributed by atoms with E-state index < -0.39 is 0 Å². The Kier molecular flexibility index (Phi) is 5.23. The molecule has 1 aromatic carbocycles. The van der Waals surface area contributed by atoms with Crippen LogP contribution in [0.25, 0.3) is 0 Å². The van der Waals surface area contributed by atoms with Crippen LogP contribution in [0.1, 0.15) is 53.4 Å². The molecule has 3 rings (SSSR count). The number of hydrogen-bond acceptors (Lipinski definition) is 4. The third-order valence-electron chi connectivity index (χ3n) is 5.39. The van der Waals surface area contributed by atoms with Crippen molar-refractivity contribution in [3.63, 3.8) is 0 Å². The van der Waals surface area contributed by atoms with Crippen LogP contribution < -0.4 is 10.2 Å². The SMILES string of the molecule is CC1(C)OB(c2ccc(OCCC3CCCCO3)cc2)OC1(C)C. The molecule has 132 valence electrons. The normalized spacial score (nSPS) is 25.7. The van der Waals surface area contributed by atoms with Crippen molar-refractivity contribution in [3.8, 4) is 5.75 Å². The summed E-state index contributed by atoms with van der Waals surface area (Å²) in [7, 11) is -0.320. The summed E-state index contributed by atoms with van der Waals surface area (Å²) < 4.78 is 23.7. The molecule has 4 nitrogen and oxygen atoms in total. The van der Waals surface area contributed by atoms with Crippen molar-refractivity contribution >= 4 is 12.6 Å². The van der Waals surface area contributed by atoms with Gasteiger partial charge in [-0.05, 0) is 64.6 Å². The van der Waals surface area contributed by atoms with E-state index in [1.807, 2.05) is 24.3 Å². The Balaban J connectivity index is 1.50. The fourth-order valence-electron chi connectivity index (χ4n) is 3.04. The first kappa shape index (κ1) is 17.8. The molecular formula is C19H29BO4. The standard InChI is InChI=1S/C19H29BO4/c1-18(2)19(3,4)24-20(23-18)15-8-10-17(11-9-15)22-14-12-16-7-5-6-13-21-16/h8-11,16H,5-7,12-14H2,1-4H3. The van der Waals surface area contributed by atoms with E-state index in [2.05, 4.69) is 27.7 Å². The van der Waals surface area contributed by atoms with E-state index in [0.29, 0.717) is 12.7 Å². The van der Waals surface area contributed by atoms with E-state index in [0.717, 1.165) is 30.7 Å². The fourth-order valence-corrected chi connectivity index (χ4v) is 3.04. The van der Waals surface area contributed by atoms with Crippen LogP contribution in [0.5, 0.6) is 5.75 Å². The highest BCUT2D eigenvalue weighted by Crippen LogP contribution is 2.36. The Morgan fingerprint density at radius 2 is 1.71 bits per heavy atom. The maximum atomic E-state index is 6.07. The lowest BCUT2D eigenvalue weighted by Crippen LogP contribution is -2.41. The monoisotopic (exact) mass is 332 g/mol. The Bertz CT molecular complexity index is 519. The summed E-state index contributed by atoms with van der Waals surface area (Å²) in [5.41, 5.74) is 0.399. The smallest absolute Gasteiger partial charge is 0.493 e. The van der Waals surface area contributed by atoms with Gasteiger partial charge in [0.15, 0.2) is 0 Å². The van der Waals surface area contributed by atoms with E-state index in [1.54, 1.807) is 0 Å². The highest BCUT2D eigenvalue weighted by atomic mass is 16.7. The maximum absolute atomic E-state index is 6.07. The molecule has 0 N–H and O–H groups in total. The molecule has 2 aliphatic heterocycles. The first-order valence-corrected chi connectivity index (χ1v) is 9.07. The van der Waals surface area contributed by atoms with Crippen molar-refractivity contribution in [1.82, 2.24) is 0 Å². The van der Waals surface area contributed by atoms with Gasteiger partial charge in [-0.15, -0.1) is 0 Å². The van der Waals surface area contributed by atoms with E-state index in [4.69, 9.17) is 18.8 Å². The zero-order chi connectivity index (χ0) is 17.2. The zero-order valence-corrected chi connectivity index (χ0v) is 15.3. The molecule has 1 aromatic rings. The van der Waals surface area contributed by atoms with Crippen molar-refractivity contribution in [2.45, 2.75) is 70.7 Å². The van der Waals surface area contributed by atoms with Gasteiger partial charge in [-0.25, -0.2) is 0 Å². The van der Waals surface area contributed by atoms with Crippen molar-refractivity contribution in [3.05, 3.63) is 24.3 Å². The van der Waals surface area contributed by atoms with Gasteiger partial charge < -0.3 is 18.8 Å². The lowest BCUT2D eigenvalue weighted by Gasteiger charge is -2.32. The van der Waals surface area contributed by atoms with Crippen LogP contribution in [0.3, 0.4) is 0 Å². The van der Waals surface area contributed by atoms with Crippen molar-refractivity contribution < 1.29 is 18.8 Å². The molecule has 2 saturated heterocycles. The second-order valence-corrected chi connectivity index (χ2v) is 7.78. The Morgan fingerprint density at radius 3 is 2.29 bits per heavy atom. The first-order valence-electron chi connectivity index (χ1n) is 9.07. The fraction of sp³-hybridized carbons (Fsp3) is 0.684. The van der Waals surface area contributed by atoms with Gasteiger partial charge in [-0.2, -0.15) is 0 Å². The van der Waals surface area contributed by atoms with Crippen LogP contribution in [0, 0.1) is 0 Å². The minimum atomic E-state index is -0.320. The lowest BCUT2D eigenvalue weighted by atomic mass is 9.79. The van der Waals surface area contributed by atoms with E-state index in [1.165, 1.54) is 12.8 Å². The largest absolute Gasteiger partial charge is 0.494 e. The molecular weight excluding hydrogens is 303 g/mol. The minimum absolute atomic E-state index is 0.313. The Morgan fingerprint density at radius 1 is 1.04 bits per heavy atom. The summed E-state index contributed by atoms with van der Waals surface area (Å²) in [5.74, 6) is 0.881. The molecule has 0 amide bonds. The van der Waals surface area contributed by atoms with Gasteiger partial charge in [-0.3, -0.25) is 0 Å². The molecule has 2 fully saturated rings. The quantitative estimate of drug-likeness (QED) is 0.775. The molecule has 0 saturated carbocycles. The maximum Gasteiger partial charge on any atom is 0.494 e. The van der Waals surface area contributed by atoms with Crippen molar-refractivity contribution in [2.24, 2.45) is 0 Å². The van der Waals surface area contributed by atoms with Gasteiger partial charge in [0.1, 0.15) is 5.75 Å². The van der Waals surface area contributed by atoms with Crippen molar-refractivity contribution in [2.75, 3.05) is 13.2 Å². The molecule has 0 aromatic heterocycles. The van der Waals surface area contributed by atoms with Gasteiger partial charge in [0.05, 0.1) is 23.9 Å². The van der Waals surface area contributed by atoms with Crippen LogP contribution in [-0.2, 0) is 14.0 Å². The van der Waals surface area contributed by atoms with Crippen LogP contribution in [0.15, 0.2) is 24.3 Å². The number of hydrogen-bond donors (Lipinski definition) is 0. The highest BCUT2D eigenvalue weighted by molar-refractivity contribution is 6.62. The summed E-state index contributed by atoms with van der Waals surface area (Å²) in [4.78, 5) is 0. The molecule has 0 aliphatic carbocycles. The van der Waals surface area contributed by atoms with Crippen LogP contribution in [0.2, 0.25) is 0 Å². The second-order valence-electron chi connectivity index (χ2n) is 7.78. The molecule has 2 heterocycles. The van der Waals surface area contributed by atoms with Crippen LogP contribution in [0.4, 0.5) is 0 Å². The summed E-state index contributed by atoms with van der Waals surface area (Å²) >= 11 is 0. The van der Waals surface area contributed by atoms with Gasteiger partial charge in [0.25, 0.3) is 0 Å². The summed E-state index contributed by atoms with van der Waals surface area (Å²) in [6.45, 7) is 9.86. The van der Waals surface area contributed by atoms with Crippen LogP contribution >= 0.6 is 0 Å². The topological polar surface area (TPSA) is 36.9 Å². The highest BCUT2D eigenvalue weighted by Gasteiger charge is 2.51. The van der Waals surface area contributed by atoms with Gasteiger partial charge in [0.2, 0.25) is 0 Å². The molecule has 0 spiro atoms. The van der Waals surface area contributed by atoms with E-state index in [9.17, 15) is 0 Å². The third-order valence-corrected chi connectivity index (χ3v) is 5.39. The first-order chi connectivity index (χ1) is 11.4.